The molecule has 0 unspecified atom stereocenters. The van der Waals surface area contributed by atoms with Crippen LogP contribution in [0.5, 0.6) is 0 Å². The molecule has 2 heteroatoms. The maximum Gasteiger partial charge on any atom is 0.0316 e. The fraction of sp³-hybridized carbons (Fsp3) is 0.294. The van der Waals surface area contributed by atoms with Crippen LogP contribution >= 0.6 is 0 Å². The molecular weight excluding hydrogens is 232 g/mol. The van der Waals surface area contributed by atoms with Gasteiger partial charge in [0.05, 0.1) is 0 Å². The second kappa shape index (κ2) is 3.53. The summed E-state index contributed by atoms with van der Waals surface area (Å²) in [4.78, 5) is 0. The molecule has 19 heavy (non-hydrogen) atoms. The molecule has 2 aliphatic carbocycles. The summed E-state index contributed by atoms with van der Waals surface area (Å²) in [6.07, 6.45) is 4.66. The first-order chi connectivity index (χ1) is 9.13. The predicted octanol–water partition coefficient (Wildman–Crippen LogP) is 2.73. The molecule has 0 amide bonds. The average molecular weight is 250 g/mol. The van der Waals surface area contributed by atoms with Crippen molar-refractivity contribution < 1.29 is 0 Å². The summed E-state index contributed by atoms with van der Waals surface area (Å²) in [7, 11) is 0. The van der Waals surface area contributed by atoms with Crippen LogP contribution in [0.25, 0.3) is 0 Å². The van der Waals surface area contributed by atoms with Crippen molar-refractivity contribution in [3.63, 3.8) is 0 Å². The first-order valence-corrected chi connectivity index (χ1v) is 6.88. The van der Waals surface area contributed by atoms with E-state index in [2.05, 4.69) is 24.3 Å². The summed E-state index contributed by atoms with van der Waals surface area (Å²) in [5.74, 6) is 0. The molecule has 2 aromatic rings. The number of hydrogen-bond acceptors (Lipinski definition) is 2. The molecule has 2 aromatic carbocycles. The van der Waals surface area contributed by atoms with Crippen LogP contribution in [0.1, 0.15) is 22.3 Å². The minimum Gasteiger partial charge on any atom is -0.399 e. The average Bonchev–Trinajstić information content (AvgIpc) is 2.87. The number of nitrogen functional groups attached to an aromatic ring is 2. The van der Waals surface area contributed by atoms with Gasteiger partial charge in [-0.1, -0.05) is 12.1 Å². The van der Waals surface area contributed by atoms with Gasteiger partial charge in [0.1, 0.15) is 0 Å². The zero-order valence-corrected chi connectivity index (χ0v) is 10.9. The van der Waals surface area contributed by atoms with Crippen LogP contribution in [0.4, 0.5) is 11.4 Å². The van der Waals surface area contributed by atoms with Gasteiger partial charge in [0.25, 0.3) is 0 Å². The Morgan fingerprint density at radius 1 is 0.632 bits per heavy atom. The van der Waals surface area contributed by atoms with Crippen molar-refractivity contribution in [3.8, 4) is 0 Å². The van der Waals surface area contributed by atoms with Crippen LogP contribution in [-0.2, 0) is 25.7 Å². The van der Waals surface area contributed by atoms with Crippen LogP contribution in [0.15, 0.2) is 36.4 Å². The standard InChI is InChI=1S/C17H18N2/c18-15-3-1-11-7-17(9-13(11)5-15)8-12-2-4-16(19)6-14(12)10-17/h1-6H,7-10,18-19H2. The Kier molecular flexibility index (Phi) is 2.03. The molecule has 2 aliphatic rings. The summed E-state index contributed by atoms with van der Waals surface area (Å²) in [6.45, 7) is 0. The molecule has 4 N–H and O–H groups in total. The molecular formula is C17H18N2. The fourth-order valence-electron chi connectivity index (χ4n) is 3.96. The van der Waals surface area contributed by atoms with Crippen LogP contribution in [0.2, 0.25) is 0 Å². The normalized spacial score (nSPS) is 18.5. The van der Waals surface area contributed by atoms with E-state index in [1.54, 1.807) is 0 Å². The van der Waals surface area contributed by atoms with Crippen LogP contribution < -0.4 is 11.5 Å². The highest BCUT2D eigenvalue weighted by molar-refractivity contribution is 5.52. The van der Waals surface area contributed by atoms with E-state index in [9.17, 15) is 0 Å². The highest BCUT2D eigenvalue weighted by Gasteiger charge is 2.41. The smallest absolute Gasteiger partial charge is 0.0316 e. The van der Waals surface area contributed by atoms with Crippen molar-refractivity contribution in [3.05, 3.63) is 58.7 Å². The number of fused-ring (bicyclic) bond motifs is 2. The Balaban J connectivity index is 1.70. The maximum atomic E-state index is 5.91. The fourth-order valence-corrected chi connectivity index (χ4v) is 3.96. The summed E-state index contributed by atoms with van der Waals surface area (Å²) >= 11 is 0. The number of nitrogens with two attached hydrogens (primary N) is 2. The second-order valence-electron chi connectivity index (χ2n) is 6.26. The largest absolute Gasteiger partial charge is 0.399 e. The lowest BCUT2D eigenvalue weighted by Gasteiger charge is -2.21. The van der Waals surface area contributed by atoms with Crippen molar-refractivity contribution in [1.82, 2.24) is 0 Å². The van der Waals surface area contributed by atoms with Crippen LogP contribution in [0.3, 0.4) is 0 Å². The lowest BCUT2D eigenvalue weighted by molar-refractivity contribution is 0.326. The summed E-state index contributed by atoms with van der Waals surface area (Å²) in [5, 5.41) is 0. The summed E-state index contributed by atoms with van der Waals surface area (Å²) in [6, 6.07) is 12.8. The molecule has 2 nitrogen and oxygen atoms in total. The van der Waals surface area contributed by atoms with Crippen LogP contribution in [-0.4, -0.2) is 0 Å². The van der Waals surface area contributed by atoms with Crippen molar-refractivity contribution in [2.75, 3.05) is 11.5 Å². The molecule has 0 atom stereocenters. The molecule has 96 valence electrons. The third-order valence-electron chi connectivity index (χ3n) is 4.72. The number of rotatable bonds is 0. The first kappa shape index (κ1) is 10.9. The van der Waals surface area contributed by atoms with E-state index in [1.807, 2.05) is 12.1 Å². The summed E-state index contributed by atoms with van der Waals surface area (Å²) in [5.41, 5.74) is 19.8. The van der Waals surface area contributed by atoms with Crippen molar-refractivity contribution in [1.29, 1.82) is 0 Å². The Labute approximate surface area is 113 Å². The van der Waals surface area contributed by atoms with Gasteiger partial charge in [-0.25, -0.2) is 0 Å². The number of benzene rings is 2. The molecule has 0 aromatic heterocycles. The van der Waals surface area contributed by atoms with Gasteiger partial charge < -0.3 is 11.5 Å². The topological polar surface area (TPSA) is 52.0 Å². The minimum atomic E-state index is 0.381. The first-order valence-electron chi connectivity index (χ1n) is 6.88. The zero-order chi connectivity index (χ0) is 13.0. The van der Waals surface area contributed by atoms with Crippen molar-refractivity contribution in [2.45, 2.75) is 25.7 Å². The SMILES string of the molecule is Nc1ccc2c(c1)CC1(C2)Cc2ccc(N)cc2C1. The van der Waals surface area contributed by atoms with E-state index in [0.717, 1.165) is 24.2 Å². The van der Waals surface area contributed by atoms with Crippen molar-refractivity contribution in [2.24, 2.45) is 5.41 Å². The van der Waals surface area contributed by atoms with E-state index in [4.69, 9.17) is 11.5 Å². The second-order valence-corrected chi connectivity index (χ2v) is 6.26. The summed E-state index contributed by atoms with van der Waals surface area (Å²) < 4.78 is 0. The zero-order valence-electron chi connectivity index (χ0n) is 10.9. The van der Waals surface area contributed by atoms with E-state index in [1.165, 1.54) is 35.1 Å². The molecule has 0 saturated heterocycles. The van der Waals surface area contributed by atoms with Gasteiger partial charge in [0.2, 0.25) is 0 Å². The van der Waals surface area contributed by atoms with Crippen LogP contribution in [0, 0.1) is 5.41 Å². The molecule has 0 saturated carbocycles. The lowest BCUT2D eigenvalue weighted by Crippen LogP contribution is -2.21. The number of anilines is 2. The van der Waals surface area contributed by atoms with E-state index < -0.39 is 0 Å². The molecule has 4 rings (SSSR count). The lowest BCUT2D eigenvalue weighted by atomic mass is 9.82. The van der Waals surface area contributed by atoms with E-state index >= 15 is 0 Å². The Morgan fingerprint density at radius 2 is 1.05 bits per heavy atom. The van der Waals surface area contributed by atoms with Gasteiger partial charge in [-0.05, 0) is 77.6 Å². The maximum absolute atomic E-state index is 5.91. The molecule has 0 heterocycles. The highest BCUT2D eigenvalue weighted by atomic mass is 14.6. The Bertz CT molecular complexity index is 613. The minimum absolute atomic E-state index is 0.381. The Hall–Kier alpha value is -1.96. The molecule has 1 spiro atoms. The Morgan fingerprint density at radius 3 is 1.53 bits per heavy atom. The highest BCUT2D eigenvalue weighted by Crippen LogP contribution is 2.47. The molecule has 0 bridgehead atoms. The molecule has 0 fully saturated rings. The van der Waals surface area contributed by atoms with E-state index in [0.29, 0.717) is 5.41 Å². The van der Waals surface area contributed by atoms with Gasteiger partial charge in [-0.2, -0.15) is 0 Å². The van der Waals surface area contributed by atoms with Crippen molar-refractivity contribution >= 4 is 11.4 Å². The van der Waals surface area contributed by atoms with Gasteiger partial charge in [-0.3, -0.25) is 0 Å². The van der Waals surface area contributed by atoms with Gasteiger partial charge in [0.15, 0.2) is 0 Å². The van der Waals surface area contributed by atoms with Gasteiger partial charge in [-0.15, -0.1) is 0 Å². The molecule has 0 radical (unpaired) electrons. The quantitative estimate of drug-likeness (QED) is 0.706. The monoisotopic (exact) mass is 250 g/mol. The molecule has 0 aliphatic heterocycles. The predicted molar refractivity (Wildman–Crippen MR) is 79.0 cm³/mol. The van der Waals surface area contributed by atoms with Gasteiger partial charge >= 0.3 is 0 Å². The third-order valence-corrected chi connectivity index (χ3v) is 4.72. The number of hydrogen-bond donors (Lipinski definition) is 2. The van der Waals surface area contributed by atoms with Gasteiger partial charge in [0, 0.05) is 11.4 Å². The third kappa shape index (κ3) is 1.63. The van der Waals surface area contributed by atoms with E-state index in [-0.39, 0.29) is 0 Å².